The van der Waals surface area contributed by atoms with E-state index in [0.717, 1.165) is 32.7 Å². The van der Waals surface area contributed by atoms with Gasteiger partial charge in [-0.2, -0.15) is 0 Å². The van der Waals surface area contributed by atoms with Crippen LogP contribution in [0.4, 0.5) is 0 Å². The number of nitrogens with zero attached hydrogens (tertiary/aromatic N) is 1. The van der Waals surface area contributed by atoms with Gasteiger partial charge in [0.15, 0.2) is 0 Å². The van der Waals surface area contributed by atoms with E-state index in [4.69, 9.17) is 11.2 Å². The Morgan fingerprint density at radius 1 is 1.56 bits per heavy atom. The summed E-state index contributed by atoms with van der Waals surface area (Å²) in [5.41, 5.74) is 0. The van der Waals surface area contributed by atoms with E-state index in [1.165, 1.54) is 0 Å². The third kappa shape index (κ3) is 3.79. The van der Waals surface area contributed by atoms with E-state index in [2.05, 4.69) is 36.9 Å². The molecule has 3 nitrogen and oxygen atoms in total. The lowest BCUT2D eigenvalue weighted by Crippen LogP contribution is -2.53. The van der Waals surface area contributed by atoms with Crippen LogP contribution in [0.1, 0.15) is 27.2 Å². The predicted octanol–water partition coefficient (Wildman–Crippen LogP) is 1.10. The second-order valence-corrected chi connectivity index (χ2v) is 4.57. The van der Waals surface area contributed by atoms with Crippen molar-refractivity contribution in [2.75, 3.05) is 26.2 Å². The fourth-order valence-corrected chi connectivity index (χ4v) is 2.13. The van der Waals surface area contributed by atoms with Crippen molar-refractivity contribution in [3.8, 4) is 12.3 Å². The highest BCUT2D eigenvalue weighted by Crippen LogP contribution is 2.13. The summed E-state index contributed by atoms with van der Waals surface area (Å²) in [5.74, 6) is 2.73. The molecule has 2 atom stereocenters. The zero-order chi connectivity index (χ0) is 12.0. The molecule has 0 bridgehead atoms. The number of hydrogen-bond acceptors (Lipinski definition) is 3. The number of rotatable bonds is 5. The first-order chi connectivity index (χ1) is 7.69. The third-order valence-corrected chi connectivity index (χ3v) is 3.11. The number of likely N-dealkylation sites (N-methyl/N-ethyl adjacent to an activating group) is 1. The van der Waals surface area contributed by atoms with Gasteiger partial charge >= 0.3 is 0 Å². The quantitative estimate of drug-likeness (QED) is 0.708. The average molecular weight is 224 g/mol. The Morgan fingerprint density at radius 3 is 2.88 bits per heavy atom. The zero-order valence-electron chi connectivity index (χ0n) is 10.7. The van der Waals surface area contributed by atoms with E-state index in [-0.39, 0.29) is 12.1 Å². The number of nitrogens with one attached hydrogen (secondary N) is 1. The minimum atomic E-state index is 0.229. The standard InChI is InChI=1S/C13H24N2O/c1-5-7-12(14-6-2)13-10-15(11(3)4)8-9-16-13/h1,11-14H,6-10H2,2-4H3. The Bertz CT molecular complexity index is 235. The van der Waals surface area contributed by atoms with Gasteiger partial charge in [0, 0.05) is 31.6 Å². The highest BCUT2D eigenvalue weighted by molar-refractivity contribution is 4.95. The van der Waals surface area contributed by atoms with Crippen LogP contribution in [0.25, 0.3) is 0 Å². The van der Waals surface area contributed by atoms with E-state index >= 15 is 0 Å². The molecule has 1 heterocycles. The van der Waals surface area contributed by atoms with E-state index in [1.807, 2.05) is 0 Å². The average Bonchev–Trinajstić information content (AvgIpc) is 2.29. The molecule has 1 fully saturated rings. The van der Waals surface area contributed by atoms with E-state index in [0.29, 0.717) is 6.04 Å². The lowest BCUT2D eigenvalue weighted by atomic mass is 10.1. The number of morpholine rings is 1. The van der Waals surface area contributed by atoms with Crippen LogP contribution in [0.3, 0.4) is 0 Å². The molecule has 0 saturated carbocycles. The summed E-state index contributed by atoms with van der Waals surface area (Å²) >= 11 is 0. The summed E-state index contributed by atoms with van der Waals surface area (Å²) in [6.07, 6.45) is 6.37. The van der Waals surface area contributed by atoms with Crippen molar-refractivity contribution in [2.45, 2.75) is 45.4 Å². The molecule has 0 amide bonds. The molecule has 2 unspecified atom stereocenters. The second-order valence-electron chi connectivity index (χ2n) is 4.57. The molecule has 0 aliphatic carbocycles. The number of terminal acetylenes is 1. The van der Waals surface area contributed by atoms with E-state index in [1.54, 1.807) is 0 Å². The van der Waals surface area contributed by atoms with Gasteiger partial charge in [0.2, 0.25) is 0 Å². The highest BCUT2D eigenvalue weighted by Gasteiger charge is 2.28. The van der Waals surface area contributed by atoms with Crippen molar-refractivity contribution in [3.63, 3.8) is 0 Å². The van der Waals surface area contributed by atoms with Gasteiger partial charge in [-0.05, 0) is 20.4 Å². The minimum Gasteiger partial charge on any atom is -0.374 e. The first-order valence-electron chi connectivity index (χ1n) is 6.21. The molecule has 0 aromatic carbocycles. The normalized spacial score (nSPS) is 24.3. The molecule has 0 aromatic heterocycles. The fourth-order valence-electron chi connectivity index (χ4n) is 2.13. The van der Waals surface area contributed by atoms with Crippen molar-refractivity contribution in [3.05, 3.63) is 0 Å². The molecule has 0 aromatic rings. The van der Waals surface area contributed by atoms with Crippen LogP contribution in [-0.2, 0) is 4.74 Å². The van der Waals surface area contributed by atoms with Crippen molar-refractivity contribution in [1.29, 1.82) is 0 Å². The topological polar surface area (TPSA) is 24.5 Å². The molecule has 3 heteroatoms. The summed E-state index contributed by atoms with van der Waals surface area (Å²) in [5, 5.41) is 3.42. The highest BCUT2D eigenvalue weighted by atomic mass is 16.5. The van der Waals surface area contributed by atoms with Crippen molar-refractivity contribution in [2.24, 2.45) is 0 Å². The maximum atomic E-state index is 5.83. The Hall–Kier alpha value is -0.560. The van der Waals surface area contributed by atoms with Crippen molar-refractivity contribution < 1.29 is 4.74 Å². The van der Waals surface area contributed by atoms with E-state index < -0.39 is 0 Å². The Labute approximate surface area is 99.5 Å². The predicted molar refractivity (Wildman–Crippen MR) is 67.4 cm³/mol. The van der Waals surface area contributed by atoms with Crippen LogP contribution >= 0.6 is 0 Å². The van der Waals surface area contributed by atoms with Gasteiger partial charge in [0.05, 0.1) is 12.7 Å². The lowest BCUT2D eigenvalue weighted by molar-refractivity contribution is -0.0543. The molecular formula is C13H24N2O. The van der Waals surface area contributed by atoms with E-state index in [9.17, 15) is 0 Å². The fraction of sp³-hybridized carbons (Fsp3) is 0.846. The van der Waals surface area contributed by atoms with Gasteiger partial charge in [-0.15, -0.1) is 12.3 Å². The smallest absolute Gasteiger partial charge is 0.0864 e. The molecule has 92 valence electrons. The van der Waals surface area contributed by atoms with Crippen molar-refractivity contribution in [1.82, 2.24) is 10.2 Å². The maximum absolute atomic E-state index is 5.83. The van der Waals surface area contributed by atoms with Gasteiger partial charge in [-0.1, -0.05) is 6.92 Å². The number of ether oxygens (including phenoxy) is 1. The minimum absolute atomic E-state index is 0.229. The molecule has 1 N–H and O–H groups in total. The monoisotopic (exact) mass is 224 g/mol. The number of hydrogen-bond donors (Lipinski definition) is 1. The van der Waals surface area contributed by atoms with Crippen LogP contribution in [0.2, 0.25) is 0 Å². The molecule has 0 radical (unpaired) electrons. The van der Waals surface area contributed by atoms with Crippen LogP contribution in [0.15, 0.2) is 0 Å². The lowest BCUT2D eigenvalue weighted by Gasteiger charge is -2.38. The Kier molecular flexibility index (Phi) is 5.83. The van der Waals surface area contributed by atoms with Gasteiger partial charge in [0.25, 0.3) is 0 Å². The molecule has 0 spiro atoms. The van der Waals surface area contributed by atoms with Gasteiger partial charge in [-0.3, -0.25) is 4.90 Å². The SMILES string of the molecule is C#CCC(NCC)C1CN(C(C)C)CCO1. The van der Waals surface area contributed by atoms with Crippen LogP contribution in [0.5, 0.6) is 0 Å². The first-order valence-corrected chi connectivity index (χ1v) is 6.21. The molecule has 16 heavy (non-hydrogen) atoms. The maximum Gasteiger partial charge on any atom is 0.0864 e. The summed E-state index contributed by atoms with van der Waals surface area (Å²) in [6.45, 7) is 10.3. The molecule has 1 aliphatic heterocycles. The first kappa shape index (κ1) is 13.5. The summed E-state index contributed by atoms with van der Waals surface area (Å²) in [7, 11) is 0. The molecule has 1 aliphatic rings. The molecule has 1 saturated heterocycles. The third-order valence-electron chi connectivity index (χ3n) is 3.11. The zero-order valence-corrected chi connectivity index (χ0v) is 10.7. The van der Waals surface area contributed by atoms with Gasteiger partial charge in [-0.25, -0.2) is 0 Å². The summed E-state index contributed by atoms with van der Waals surface area (Å²) in [6, 6.07) is 0.871. The van der Waals surface area contributed by atoms with Crippen LogP contribution in [0, 0.1) is 12.3 Å². The molecular weight excluding hydrogens is 200 g/mol. The summed E-state index contributed by atoms with van der Waals surface area (Å²) < 4.78 is 5.83. The summed E-state index contributed by atoms with van der Waals surface area (Å²) in [4.78, 5) is 2.45. The molecule has 1 rings (SSSR count). The Balaban J connectivity index is 2.52. The van der Waals surface area contributed by atoms with Gasteiger partial charge < -0.3 is 10.1 Å². The van der Waals surface area contributed by atoms with Gasteiger partial charge in [0.1, 0.15) is 0 Å². The Morgan fingerprint density at radius 2 is 2.31 bits per heavy atom. The van der Waals surface area contributed by atoms with Crippen molar-refractivity contribution >= 4 is 0 Å². The second kappa shape index (κ2) is 6.90. The van der Waals surface area contributed by atoms with Crippen LogP contribution in [-0.4, -0.2) is 49.3 Å². The van der Waals surface area contributed by atoms with Crippen LogP contribution < -0.4 is 5.32 Å². The largest absolute Gasteiger partial charge is 0.374 e.